The SMILES string of the molecule is CCOc1cccn2c(C(=O)N(Cc3ccccc3)C(C)C)c(CC)nc12. The van der Waals surface area contributed by atoms with Crippen LogP contribution in [0.15, 0.2) is 48.7 Å². The lowest BCUT2D eigenvalue weighted by Crippen LogP contribution is -2.37. The number of benzene rings is 1. The highest BCUT2D eigenvalue weighted by atomic mass is 16.5. The third-order valence-electron chi connectivity index (χ3n) is 4.60. The van der Waals surface area contributed by atoms with Crippen molar-refractivity contribution in [3.63, 3.8) is 0 Å². The zero-order valence-electron chi connectivity index (χ0n) is 16.5. The van der Waals surface area contributed by atoms with Gasteiger partial charge in [-0.2, -0.15) is 0 Å². The van der Waals surface area contributed by atoms with Gasteiger partial charge in [-0.15, -0.1) is 0 Å². The number of carbonyl (C=O) groups excluding carboxylic acids is 1. The van der Waals surface area contributed by atoms with Crippen LogP contribution in [0, 0.1) is 0 Å². The molecule has 142 valence electrons. The molecular formula is C22H27N3O2. The number of ether oxygens (including phenoxy) is 1. The van der Waals surface area contributed by atoms with E-state index in [4.69, 9.17) is 9.72 Å². The van der Waals surface area contributed by atoms with Crippen LogP contribution in [0.1, 0.15) is 49.4 Å². The number of aromatic nitrogens is 2. The van der Waals surface area contributed by atoms with E-state index in [1.54, 1.807) is 0 Å². The predicted molar refractivity (Wildman–Crippen MR) is 107 cm³/mol. The quantitative estimate of drug-likeness (QED) is 0.625. The molecule has 0 spiro atoms. The van der Waals surface area contributed by atoms with Crippen LogP contribution in [0.3, 0.4) is 0 Å². The summed E-state index contributed by atoms with van der Waals surface area (Å²) in [6.45, 7) is 9.18. The van der Waals surface area contributed by atoms with E-state index in [0.29, 0.717) is 36.7 Å². The van der Waals surface area contributed by atoms with Gasteiger partial charge in [0.1, 0.15) is 5.69 Å². The van der Waals surface area contributed by atoms with E-state index in [-0.39, 0.29) is 11.9 Å². The number of pyridine rings is 1. The molecule has 0 atom stereocenters. The fourth-order valence-corrected chi connectivity index (χ4v) is 3.24. The van der Waals surface area contributed by atoms with Crippen molar-refractivity contribution in [2.24, 2.45) is 0 Å². The Morgan fingerprint density at radius 2 is 1.89 bits per heavy atom. The van der Waals surface area contributed by atoms with E-state index < -0.39 is 0 Å². The summed E-state index contributed by atoms with van der Waals surface area (Å²) >= 11 is 0. The van der Waals surface area contributed by atoms with Gasteiger partial charge < -0.3 is 9.64 Å². The van der Waals surface area contributed by atoms with Gasteiger partial charge in [0.25, 0.3) is 5.91 Å². The van der Waals surface area contributed by atoms with Crippen LogP contribution in [0.25, 0.3) is 5.65 Å². The van der Waals surface area contributed by atoms with Crippen molar-refractivity contribution in [3.05, 3.63) is 65.6 Å². The summed E-state index contributed by atoms with van der Waals surface area (Å²) in [5.41, 5.74) is 3.23. The van der Waals surface area contributed by atoms with Gasteiger partial charge in [-0.3, -0.25) is 9.20 Å². The van der Waals surface area contributed by atoms with Crippen LogP contribution in [0.4, 0.5) is 0 Å². The summed E-state index contributed by atoms with van der Waals surface area (Å²) in [7, 11) is 0. The molecule has 0 fully saturated rings. The van der Waals surface area contributed by atoms with Crippen LogP contribution in [0.2, 0.25) is 0 Å². The lowest BCUT2D eigenvalue weighted by molar-refractivity contribution is 0.0682. The molecule has 1 amide bonds. The molecule has 5 heteroatoms. The molecule has 2 heterocycles. The molecule has 0 saturated heterocycles. The molecule has 3 aromatic rings. The minimum atomic E-state index is -0.00754. The minimum absolute atomic E-state index is 0.00754. The molecule has 0 N–H and O–H groups in total. The number of fused-ring (bicyclic) bond motifs is 1. The first-order valence-electron chi connectivity index (χ1n) is 9.54. The topological polar surface area (TPSA) is 46.8 Å². The lowest BCUT2D eigenvalue weighted by Gasteiger charge is -2.27. The van der Waals surface area contributed by atoms with Crippen LogP contribution < -0.4 is 4.74 Å². The number of hydrogen-bond donors (Lipinski definition) is 0. The molecule has 0 radical (unpaired) electrons. The van der Waals surface area contributed by atoms with Crippen molar-refractivity contribution < 1.29 is 9.53 Å². The molecular weight excluding hydrogens is 338 g/mol. The van der Waals surface area contributed by atoms with Crippen molar-refractivity contribution in [1.82, 2.24) is 14.3 Å². The predicted octanol–water partition coefficient (Wildman–Crippen LogP) is 4.35. The summed E-state index contributed by atoms with van der Waals surface area (Å²) in [5.74, 6) is 0.694. The zero-order valence-corrected chi connectivity index (χ0v) is 16.5. The number of amides is 1. The van der Waals surface area contributed by atoms with Crippen molar-refractivity contribution in [3.8, 4) is 5.75 Å². The zero-order chi connectivity index (χ0) is 19.4. The molecule has 2 aromatic heterocycles. The first-order chi connectivity index (χ1) is 13.1. The van der Waals surface area contributed by atoms with E-state index in [1.165, 1.54) is 0 Å². The summed E-state index contributed by atoms with van der Waals surface area (Å²) in [6, 6.07) is 13.9. The number of nitrogens with zero attached hydrogens (tertiary/aromatic N) is 3. The first-order valence-corrected chi connectivity index (χ1v) is 9.54. The van der Waals surface area contributed by atoms with Crippen molar-refractivity contribution >= 4 is 11.6 Å². The number of hydrogen-bond acceptors (Lipinski definition) is 3. The molecule has 0 saturated carbocycles. The number of aryl methyl sites for hydroxylation is 1. The van der Waals surface area contributed by atoms with Crippen molar-refractivity contribution in [2.45, 2.75) is 46.7 Å². The maximum absolute atomic E-state index is 13.5. The molecule has 0 bridgehead atoms. The largest absolute Gasteiger partial charge is 0.490 e. The Morgan fingerprint density at radius 1 is 1.15 bits per heavy atom. The van der Waals surface area contributed by atoms with Gasteiger partial charge >= 0.3 is 0 Å². The van der Waals surface area contributed by atoms with E-state index in [2.05, 4.69) is 0 Å². The summed E-state index contributed by atoms with van der Waals surface area (Å²) < 4.78 is 7.57. The Morgan fingerprint density at radius 3 is 2.52 bits per heavy atom. The van der Waals surface area contributed by atoms with Crippen LogP contribution in [-0.2, 0) is 13.0 Å². The van der Waals surface area contributed by atoms with Gasteiger partial charge in [0.2, 0.25) is 0 Å². The van der Waals surface area contributed by atoms with Crippen LogP contribution in [0.5, 0.6) is 5.75 Å². The summed E-state index contributed by atoms with van der Waals surface area (Å²) in [6.07, 6.45) is 2.57. The van der Waals surface area contributed by atoms with Crippen molar-refractivity contribution in [2.75, 3.05) is 6.61 Å². The Hall–Kier alpha value is -2.82. The van der Waals surface area contributed by atoms with Crippen LogP contribution in [-0.4, -0.2) is 32.8 Å². The van der Waals surface area contributed by atoms with E-state index in [1.807, 2.05) is 85.7 Å². The Balaban J connectivity index is 2.06. The molecule has 0 unspecified atom stereocenters. The monoisotopic (exact) mass is 365 g/mol. The Kier molecular flexibility index (Phi) is 5.79. The number of imidazole rings is 1. The first kappa shape index (κ1) is 19.0. The fourth-order valence-electron chi connectivity index (χ4n) is 3.24. The fraction of sp³-hybridized carbons (Fsp3) is 0.364. The minimum Gasteiger partial charge on any atom is -0.490 e. The standard InChI is InChI=1S/C22H27N3O2/c1-5-18-20(24-14-10-13-19(27-6-2)21(24)23-18)22(26)25(16(3)4)15-17-11-8-7-9-12-17/h7-14,16H,5-6,15H2,1-4H3. The summed E-state index contributed by atoms with van der Waals surface area (Å²) in [4.78, 5) is 20.1. The highest BCUT2D eigenvalue weighted by molar-refractivity contribution is 5.95. The normalized spacial score (nSPS) is 11.1. The van der Waals surface area contributed by atoms with Crippen LogP contribution >= 0.6 is 0 Å². The van der Waals surface area contributed by atoms with E-state index in [0.717, 1.165) is 11.3 Å². The maximum Gasteiger partial charge on any atom is 0.273 e. The molecule has 5 nitrogen and oxygen atoms in total. The third kappa shape index (κ3) is 3.82. The van der Waals surface area contributed by atoms with Gasteiger partial charge in [0, 0.05) is 18.8 Å². The molecule has 0 aliphatic heterocycles. The van der Waals surface area contributed by atoms with E-state index >= 15 is 0 Å². The smallest absolute Gasteiger partial charge is 0.273 e. The van der Waals surface area contributed by atoms with Crippen molar-refractivity contribution in [1.29, 1.82) is 0 Å². The number of rotatable bonds is 7. The van der Waals surface area contributed by atoms with Gasteiger partial charge in [-0.05, 0) is 44.9 Å². The average molecular weight is 365 g/mol. The molecule has 27 heavy (non-hydrogen) atoms. The second-order valence-electron chi connectivity index (χ2n) is 6.77. The van der Waals surface area contributed by atoms with E-state index in [9.17, 15) is 4.79 Å². The highest BCUT2D eigenvalue weighted by Crippen LogP contribution is 2.25. The van der Waals surface area contributed by atoms with Gasteiger partial charge in [-0.1, -0.05) is 37.3 Å². The van der Waals surface area contributed by atoms with Gasteiger partial charge in [-0.25, -0.2) is 4.98 Å². The van der Waals surface area contributed by atoms with Gasteiger partial charge in [0.15, 0.2) is 11.4 Å². The second kappa shape index (κ2) is 8.25. The highest BCUT2D eigenvalue weighted by Gasteiger charge is 2.26. The Labute approximate surface area is 160 Å². The molecule has 0 aliphatic carbocycles. The number of carbonyl (C=O) groups is 1. The second-order valence-corrected chi connectivity index (χ2v) is 6.77. The Bertz CT molecular complexity index is 916. The molecule has 0 aliphatic rings. The lowest BCUT2D eigenvalue weighted by atomic mass is 10.1. The third-order valence-corrected chi connectivity index (χ3v) is 4.60. The average Bonchev–Trinajstić information content (AvgIpc) is 3.06. The summed E-state index contributed by atoms with van der Waals surface area (Å²) in [5, 5.41) is 0. The van der Waals surface area contributed by atoms with Gasteiger partial charge in [0.05, 0.1) is 12.3 Å². The molecule has 1 aromatic carbocycles. The maximum atomic E-state index is 13.5. The molecule has 3 rings (SSSR count).